The number of hydrogen-bond donors (Lipinski definition) is 1. The minimum atomic E-state index is 0.433. The summed E-state index contributed by atoms with van der Waals surface area (Å²) in [5, 5.41) is 3.60. The fraction of sp³-hybridized carbons (Fsp3) is 0.722. The first-order chi connectivity index (χ1) is 10.3. The van der Waals surface area contributed by atoms with E-state index in [9.17, 15) is 0 Å². The molecule has 4 aliphatic carbocycles. The number of rotatable bonds is 4. The average Bonchev–Trinajstić information content (AvgIpc) is 2.50. The highest BCUT2D eigenvalue weighted by Crippen LogP contribution is 2.59. The summed E-state index contributed by atoms with van der Waals surface area (Å²) in [5.74, 6) is 5.57. The summed E-state index contributed by atoms with van der Waals surface area (Å²) in [7, 11) is 3.83. The number of aromatic nitrogens is 1. The molecule has 3 heteroatoms. The Kier molecular flexibility index (Phi) is 3.41. The van der Waals surface area contributed by atoms with Gasteiger partial charge in [0.15, 0.2) is 0 Å². The molecule has 0 spiro atoms. The molecule has 4 saturated carbocycles. The third-order valence-corrected chi connectivity index (χ3v) is 6.32. The quantitative estimate of drug-likeness (QED) is 0.921. The minimum absolute atomic E-state index is 0.433. The van der Waals surface area contributed by atoms with Crippen LogP contribution in [-0.2, 0) is 0 Å². The van der Waals surface area contributed by atoms with E-state index in [0.29, 0.717) is 6.04 Å². The van der Waals surface area contributed by atoms with Gasteiger partial charge in [-0.15, -0.1) is 0 Å². The van der Waals surface area contributed by atoms with Crippen molar-refractivity contribution in [1.82, 2.24) is 10.3 Å². The number of hydrogen-bond acceptors (Lipinski definition) is 3. The van der Waals surface area contributed by atoms with Gasteiger partial charge in [0.05, 0.1) is 13.3 Å². The zero-order chi connectivity index (χ0) is 14.4. The summed E-state index contributed by atoms with van der Waals surface area (Å²) < 4.78 is 5.36. The van der Waals surface area contributed by atoms with Crippen molar-refractivity contribution in [2.75, 3.05) is 14.2 Å². The van der Waals surface area contributed by atoms with Gasteiger partial charge >= 0.3 is 0 Å². The Morgan fingerprint density at radius 3 is 2.33 bits per heavy atom. The number of pyridine rings is 1. The lowest BCUT2D eigenvalue weighted by molar-refractivity contribution is -0.0516. The highest BCUT2D eigenvalue weighted by Gasteiger charge is 2.50. The third kappa shape index (κ3) is 2.26. The van der Waals surface area contributed by atoms with Gasteiger partial charge in [0.1, 0.15) is 5.75 Å². The van der Waals surface area contributed by atoms with Gasteiger partial charge in [0.2, 0.25) is 0 Å². The summed E-state index contributed by atoms with van der Waals surface area (Å²) in [5.41, 5.74) is 1.30. The number of methoxy groups -OCH3 is 1. The maximum atomic E-state index is 5.36. The first-order valence-corrected chi connectivity index (χ1v) is 8.44. The fourth-order valence-electron chi connectivity index (χ4n) is 5.81. The summed E-state index contributed by atoms with van der Waals surface area (Å²) in [6.45, 7) is 0. The van der Waals surface area contributed by atoms with Crippen molar-refractivity contribution in [3.05, 3.63) is 24.0 Å². The van der Waals surface area contributed by atoms with Gasteiger partial charge in [-0.1, -0.05) is 0 Å². The van der Waals surface area contributed by atoms with Crippen molar-refractivity contribution in [2.45, 2.75) is 38.1 Å². The smallest absolute Gasteiger partial charge is 0.137 e. The lowest BCUT2D eigenvalue weighted by Gasteiger charge is -2.56. The van der Waals surface area contributed by atoms with E-state index in [1.165, 1.54) is 37.7 Å². The van der Waals surface area contributed by atoms with Gasteiger partial charge < -0.3 is 10.1 Å². The van der Waals surface area contributed by atoms with E-state index in [4.69, 9.17) is 4.74 Å². The monoisotopic (exact) mass is 286 g/mol. The molecule has 0 radical (unpaired) electrons. The van der Waals surface area contributed by atoms with E-state index in [2.05, 4.69) is 23.4 Å². The number of ether oxygens (including phenoxy) is 1. The van der Waals surface area contributed by atoms with Crippen LogP contribution < -0.4 is 10.1 Å². The van der Waals surface area contributed by atoms with Crippen LogP contribution in [0.4, 0.5) is 0 Å². The van der Waals surface area contributed by atoms with E-state index in [1.54, 1.807) is 13.3 Å². The SMILES string of the molecule is CNC(c1cncc(OC)c1)C1C2CC3CC(C2)CC1C3. The molecule has 1 heterocycles. The van der Waals surface area contributed by atoms with Crippen molar-refractivity contribution in [3.63, 3.8) is 0 Å². The van der Waals surface area contributed by atoms with Gasteiger partial charge in [-0.05, 0) is 80.4 Å². The maximum Gasteiger partial charge on any atom is 0.137 e. The lowest BCUT2D eigenvalue weighted by Crippen LogP contribution is -2.49. The summed E-state index contributed by atoms with van der Waals surface area (Å²) >= 11 is 0. The third-order valence-electron chi connectivity index (χ3n) is 6.32. The van der Waals surface area contributed by atoms with Crippen LogP contribution in [-0.4, -0.2) is 19.1 Å². The Morgan fingerprint density at radius 1 is 1.10 bits per heavy atom. The summed E-state index contributed by atoms with van der Waals surface area (Å²) in [4.78, 5) is 4.37. The molecule has 0 aliphatic heterocycles. The van der Waals surface area contributed by atoms with Crippen molar-refractivity contribution >= 4 is 0 Å². The Bertz CT molecular complexity index is 488. The van der Waals surface area contributed by atoms with E-state index in [1.807, 2.05) is 6.20 Å². The Balaban J connectivity index is 1.63. The molecule has 5 rings (SSSR count). The second kappa shape index (κ2) is 5.28. The molecule has 0 saturated heterocycles. The molecule has 0 amide bonds. The van der Waals surface area contributed by atoms with Crippen molar-refractivity contribution < 1.29 is 4.74 Å². The molecule has 3 nitrogen and oxygen atoms in total. The van der Waals surface area contributed by atoms with Crippen LogP contribution in [0.3, 0.4) is 0 Å². The van der Waals surface area contributed by atoms with Crippen LogP contribution in [0.25, 0.3) is 0 Å². The molecule has 4 aliphatic rings. The van der Waals surface area contributed by atoms with Gasteiger partial charge in [-0.25, -0.2) is 0 Å². The van der Waals surface area contributed by atoms with Crippen molar-refractivity contribution in [2.24, 2.45) is 29.6 Å². The largest absolute Gasteiger partial charge is 0.495 e. The Hall–Kier alpha value is -1.09. The predicted octanol–water partition coefficient (Wildman–Crippen LogP) is 3.42. The molecule has 1 aromatic rings. The average molecular weight is 286 g/mol. The van der Waals surface area contributed by atoms with Gasteiger partial charge in [-0.2, -0.15) is 0 Å². The topological polar surface area (TPSA) is 34.2 Å². The summed E-state index contributed by atoms with van der Waals surface area (Å²) in [6.07, 6.45) is 11.2. The molecule has 1 aromatic heterocycles. The normalized spacial score (nSPS) is 38.5. The molecule has 0 aromatic carbocycles. The van der Waals surface area contributed by atoms with E-state index < -0.39 is 0 Å². The van der Waals surface area contributed by atoms with Crippen LogP contribution in [0.15, 0.2) is 18.5 Å². The molecule has 114 valence electrons. The predicted molar refractivity (Wildman–Crippen MR) is 83.1 cm³/mol. The molecule has 21 heavy (non-hydrogen) atoms. The van der Waals surface area contributed by atoms with Gasteiger partial charge in [-0.3, -0.25) is 4.98 Å². The standard InChI is InChI=1S/C18H26N2O/c1-19-18(15-8-16(21-2)10-20-9-15)17-13-4-11-3-12(6-13)7-14(17)5-11/h8-14,17-19H,3-7H2,1-2H3. The van der Waals surface area contributed by atoms with Crippen molar-refractivity contribution in [1.29, 1.82) is 0 Å². The first kappa shape index (κ1) is 13.6. The molecule has 1 unspecified atom stereocenters. The van der Waals surface area contributed by atoms with Crippen LogP contribution in [0.5, 0.6) is 5.75 Å². The Morgan fingerprint density at radius 2 is 1.76 bits per heavy atom. The second-order valence-corrected chi connectivity index (χ2v) is 7.43. The van der Waals surface area contributed by atoms with E-state index >= 15 is 0 Å². The van der Waals surface area contributed by atoms with E-state index in [-0.39, 0.29) is 0 Å². The first-order valence-electron chi connectivity index (χ1n) is 8.44. The maximum absolute atomic E-state index is 5.36. The molecular weight excluding hydrogens is 260 g/mol. The molecular formula is C18H26N2O. The Labute approximate surface area is 127 Å². The van der Waals surface area contributed by atoms with Crippen LogP contribution >= 0.6 is 0 Å². The molecule has 4 fully saturated rings. The number of nitrogens with zero attached hydrogens (tertiary/aromatic N) is 1. The van der Waals surface area contributed by atoms with Crippen LogP contribution in [0, 0.1) is 29.6 Å². The molecule has 1 N–H and O–H groups in total. The van der Waals surface area contributed by atoms with Crippen molar-refractivity contribution in [3.8, 4) is 5.75 Å². The van der Waals surface area contributed by atoms with Crippen LogP contribution in [0.1, 0.15) is 43.7 Å². The van der Waals surface area contributed by atoms with E-state index in [0.717, 1.165) is 35.3 Å². The zero-order valence-corrected chi connectivity index (χ0v) is 13.1. The van der Waals surface area contributed by atoms with Gasteiger partial charge in [0, 0.05) is 12.2 Å². The summed E-state index contributed by atoms with van der Waals surface area (Å²) in [6, 6.07) is 2.60. The zero-order valence-electron chi connectivity index (χ0n) is 13.1. The number of nitrogens with one attached hydrogen (secondary N) is 1. The minimum Gasteiger partial charge on any atom is -0.495 e. The van der Waals surface area contributed by atoms with Crippen LogP contribution in [0.2, 0.25) is 0 Å². The highest BCUT2D eigenvalue weighted by atomic mass is 16.5. The van der Waals surface area contributed by atoms with Gasteiger partial charge in [0.25, 0.3) is 0 Å². The second-order valence-electron chi connectivity index (χ2n) is 7.43. The molecule has 4 bridgehead atoms. The highest BCUT2D eigenvalue weighted by molar-refractivity contribution is 5.27. The molecule has 1 atom stereocenters. The fourth-order valence-corrected chi connectivity index (χ4v) is 5.81. The lowest BCUT2D eigenvalue weighted by atomic mass is 9.50.